The molecule has 0 radical (unpaired) electrons. The number of hydrogen-bond acceptors (Lipinski definition) is 3. The van der Waals surface area contributed by atoms with E-state index in [1.165, 1.54) is 11.8 Å². The van der Waals surface area contributed by atoms with Gasteiger partial charge in [-0.2, -0.15) is 0 Å². The number of rotatable bonds is 2. The van der Waals surface area contributed by atoms with Crippen molar-refractivity contribution in [2.75, 3.05) is 0 Å². The SMILES string of the molecule is CC[C@@H]1SC(=Nc2ccc(Br)cc2)NC1=O. The highest BCUT2D eigenvalue weighted by Gasteiger charge is 2.28. The van der Waals surface area contributed by atoms with Crippen LogP contribution in [-0.4, -0.2) is 16.3 Å². The number of halogens is 1. The summed E-state index contributed by atoms with van der Waals surface area (Å²) in [5, 5.41) is 3.48. The number of aliphatic imine (C=N–C) groups is 1. The Balaban J connectivity index is 2.14. The largest absolute Gasteiger partial charge is 0.304 e. The Kier molecular flexibility index (Phi) is 3.66. The summed E-state index contributed by atoms with van der Waals surface area (Å²) in [5.74, 6) is 0.0587. The van der Waals surface area contributed by atoms with Crippen LogP contribution in [0.2, 0.25) is 0 Å². The molecule has 1 atom stereocenters. The van der Waals surface area contributed by atoms with Crippen molar-refractivity contribution in [1.29, 1.82) is 0 Å². The van der Waals surface area contributed by atoms with Crippen LogP contribution >= 0.6 is 27.7 Å². The molecule has 1 heterocycles. The van der Waals surface area contributed by atoms with Crippen molar-refractivity contribution >= 4 is 44.5 Å². The number of carbonyl (C=O) groups is 1. The first-order chi connectivity index (χ1) is 7.69. The molecule has 1 aromatic rings. The summed E-state index contributed by atoms with van der Waals surface area (Å²) in [7, 11) is 0. The monoisotopic (exact) mass is 298 g/mol. The molecule has 1 aliphatic heterocycles. The van der Waals surface area contributed by atoms with E-state index in [2.05, 4.69) is 26.2 Å². The molecule has 1 aromatic carbocycles. The maximum atomic E-state index is 11.4. The van der Waals surface area contributed by atoms with Gasteiger partial charge in [-0.1, -0.05) is 34.6 Å². The molecule has 0 aromatic heterocycles. The van der Waals surface area contributed by atoms with Gasteiger partial charge in [0.1, 0.15) is 0 Å². The third kappa shape index (κ3) is 2.65. The van der Waals surface area contributed by atoms with E-state index in [1.54, 1.807) is 0 Å². The smallest absolute Gasteiger partial charge is 0.239 e. The highest BCUT2D eigenvalue weighted by Crippen LogP contribution is 2.25. The summed E-state index contributed by atoms with van der Waals surface area (Å²) in [6.45, 7) is 2.00. The number of benzene rings is 1. The lowest BCUT2D eigenvalue weighted by Crippen LogP contribution is -2.24. The first-order valence-electron chi connectivity index (χ1n) is 5.01. The maximum Gasteiger partial charge on any atom is 0.239 e. The first kappa shape index (κ1) is 11.7. The summed E-state index contributed by atoms with van der Waals surface area (Å²) in [5.41, 5.74) is 0.850. The number of nitrogens with one attached hydrogen (secondary N) is 1. The van der Waals surface area contributed by atoms with Gasteiger partial charge >= 0.3 is 0 Å². The Bertz CT molecular complexity index is 430. The number of carbonyl (C=O) groups excluding carboxylic acids is 1. The topological polar surface area (TPSA) is 41.5 Å². The molecule has 0 spiro atoms. The van der Waals surface area contributed by atoms with E-state index in [1.807, 2.05) is 31.2 Å². The van der Waals surface area contributed by atoms with E-state index in [4.69, 9.17) is 0 Å². The van der Waals surface area contributed by atoms with Crippen molar-refractivity contribution in [1.82, 2.24) is 5.32 Å². The number of amidine groups is 1. The average molecular weight is 299 g/mol. The van der Waals surface area contributed by atoms with E-state index >= 15 is 0 Å². The molecule has 3 nitrogen and oxygen atoms in total. The van der Waals surface area contributed by atoms with Gasteiger partial charge < -0.3 is 5.32 Å². The Morgan fingerprint density at radius 2 is 2.12 bits per heavy atom. The molecule has 1 saturated heterocycles. The van der Waals surface area contributed by atoms with Crippen molar-refractivity contribution in [2.45, 2.75) is 18.6 Å². The standard InChI is InChI=1S/C11H11BrN2OS/c1-2-9-10(15)14-11(16-9)13-8-5-3-7(12)4-6-8/h3-6,9H,2H2,1H3,(H,13,14,15)/t9-/m0/s1. The third-order valence-electron chi connectivity index (χ3n) is 2.20. The fraction of sp³-hybridized carbons (Fsp3) is 0.273. The maximum absolute atomic E-state index is 11.4. The normalized spacial score (nSPS) is 22.5. The first-order valence-corrected chi connectivity index (χ1v) is 6.68. The van der Waals surface area contributed by atoms with Crippen molar-refractivity contribution in [2.24, 2.45) is 4.99 Å². The Hall–Kier alpha value is -0.810. The molecule has 0 unspecified atom stereocenters. The minimum absolute atomic E-state index is 0.00852. The number of amides is 1. The van der Waals surface area contributed by atoms with Crippen LogP contribution < -0.4 is 5.32 Å². The predicted octanol–water partition coefficient (Wildman–Crippen LogP) is 3.08. The van der Waals surface area contributed by atoms with E-state index < -0.39 is 0 Å². The Morgan fingerprint density at radius 1 is 1.44 bits per heavy atom. The molecule has 0 bridgehead atoms. The van der Waals surface area contributed by atoms with Gasteiger partial charge in [-0.3, -0.25) is 4.79 Å². The summed E-state index contributed by atoms with van der Waals surface area (Å²) < 4.78 is 1.02. The zero-order valence-corrected chi connectivity index (χ0v) is 11.1. The molecule has 0 aliphatic carbocycles. The van der Waals surface area contributed by atoms with E-state index in [0.717, 1.165) is 16.6 Å². The second-order valence-electron chi connectivity index (χ2n) is 3.40. The quantitative estimate of drug-likeness (QED) is 0.912. The van der Waals surface area contributed by atoms with Gasteiger partial charge in [0, 0.05) is 4.47 Å². The highest BCUT2D eigenvalue weighted by molar-refractivity contribution is 9.10. The van der Waals surface area contributed by atoms with Gasteiger partial charge in [0.25, 0.3) is 0 Å². The van der Waals surface area contributed by atoms with E-state index in [9.17, 15) is 4.79 Å². The van der Waals surface area contributed by atoms with Gasteiger partial charge in [-0.05, 0) is 30.7 Å². The molecule has 1 fully saturated rings. The summed E-state index contributed by atoms with van der Waals surface area (Å²) in [6.07, 6.45) is 0.829. The van der Waals surface area contributed by atoms with Crippen LogP contribution in [0, 0.1) is 0 Å². The number of nitrogens with zero attached hydrogens (tertiary/aromatic N) is 1. The van der Waals surface area contributed by atoms with Crippen molar-refractivity contribution in [3.05, 3.63) is 28.7 Å². The minimum Gasteiger partial charge on any atom is -0.304 e. The summed E-state index contributed by atoms with van der Waals surface area (Å²) >= 11 is 4.86. The molecule has 84 valence electrons. The molecule has 1 N–H and O–H groups in total. The molecular weight excluding hydrogens is 288 g/mol. The zero-order chi connectivity index (χ0) is 11.5. The molecule has 2 rings (SSSR count). The lowest BCUT2D eigenvalue weighted by atomic mass is 10.3. The molecule has 16 heavy (non-hydrogen) atoms. The van der Waals surface area contributed by atoms with Crippen LogP contribution in [-0.2, 0) is 4.79 Å². The minimum atomic E-state index is 0.00852. The van der Waals surface area contributed by atoms with Gasteiger partial charge in [-0.15, -0.1) is 0 Å². The van der Waals surface area contributed by atoms with Crippen molar-refractivity contribution in [3.8, 4) is 0 Å². The van der Waals surface area contributed by atoms with Crippen LogP contribution in [0.25, 0.3) is 0 Å². The second kappa shape index (κ2) is 5.01. The second-order valence-corrected chi connectivity index (χ2v) is 5.50. The van der Waals surface area contributed by atoms with Crippen LogP contribution in [0.1, 0.15) is 13.3 Å². The van der Waals surface area contributed by atoms with Crippen molar-refractivity contribution < 1.29 is 4.79 Å². The van der Waals surface area contributed by atoms with Gasteiger partial charge in [0.2, 0.25) is 5.91 Å². The Labute approximate surface area is 107 Å². The lowest BCUT2D eigenvalue weighted by Gasteiger charge is -1.97. The fourth-order valence-corrected chi connectivity index (χ4v) is 2.54. The number of hydrogen-bond donors (Lipinski definition) is 1. The van der Waals surface area contributed by atoms with E-state index in [0.29, 0.717) is 5.17 Å². The molecule has 1 aliphatic rings. The molecular formula is C11H11BrN2OS. The van der Waals surface area contributed by atoms with Gasteiger partial charge in [-0.25, -0.2) is 4.99 Å². The zero-order valence-electron chi connectivity index (χ0n) is 8.74. The van der Waals surface area contributed by atoms with Crippen LogP contribution in [0.5, 0.6) is 0 Å². The van der Waals surface area contributed by atoms with E-state index in [-0.39, 0.29) is 11.2 Å². The fourth-order valence-electron chi connectivity index (χ4n) is 1.36. The van der Waals surface area contributed by atoms with Crippen molar-refractivity contribution in [3.63, 3.8) is 0 Å². The molecule has 0 saturated carbocycles. The summed E-state index contributed by atoms with van der Waals surface area (Å²) in [4.78, 5) is 15.8. The predicted molar refractivity (Wildman–Crippen MR) is 71.0 cm³/mol. The molecule has 5 heteroatoms. The average Bonchev–Trinajstić information content (AvgIpc) is 2.62. The van der Waals surface area contributed by atoms with Crippen LogP contribution in [0.4, 0.5) is 5.69 Å². The van der Waals surface area contributed by atoms with Crippen LogP contribution in [0.15, 0.2) is 33.7 Å². The van der Waals surface area contributed by atoms with Gasteiger partial charge in [0.05, 0.1) is 10.9 Å². The van der Waals surface area contributed by atoms with Gasteiger partial charge in [0.15, 0.2) is 5.17 Å². The third-order valence-corrected chi connectivity index (χ3v) is 3.98. The summed E-state index contributed by atoms with van der Waals surface area (Å²) in [6, 6.07) is 7.67. The highest BCUT2D eigenvalue weighted by atomic mass is 79.9. The Morgan fingerprint density at radius 3 is 2.69 bits per heavy atom. The lowest BCUT2D eigenvalue weighted by molar-refractivity contribution is -0.118. The van der Waals surface area contributed by atoms with Crippen LogP contribution in [0.3, 0.4) is 0 Å². The number of thioether (sulfide) groups is 1. The molecule has 1 amide bonds.